The number of benzene rings is 1. The molecule has 2 radical (unpaired) electrons. The molecule has 0 atom stereocenters. The van der Waals surface area contributed by atoms with E-state index >= 15 is 0 Å². The summed E-state index contributed by atoms with van der Waals surface area (Å²) in [7, 11) is -2.63. The summed E-state index contributed by atoms with van der Waals surface area (Å²) < 4.78 is 16.6. The number of hydrogen-bond acceptors (Lipinski definition) is 4. The van der Waals surface area contributed by atoms with Gasteiger partial charge in [-0.2, -0.15) is 0 Å². The predicted octanol–water partition coefficient (Wildman–Crippen LogP) is 1.54. The Hall–Kier alpha value is -0.597. The molecule has 1 spiro atoms. The summed E-state index contributed by atoms with van der Waals surface area (Å²) in [6.07, 6.45) is 0. The zero-order valence-corrected chi connectivity index (χ0v) is 19.1. The van der Waals surface area contributed by atoms with Crippen LogP contribution in [0, 0.1) is 10.4 Å². The van der Waals surface area contributed by atoms with Crippen LogP contribution in [0.4, 0.5) is 5.95 Å². The Balaban J connectivity index is 0.0000000802. The Labute approximate surface area is 146 Å². The second kappa shape index (κ2) is 1.32. The predicted molar refractivity (Wildman–Crippen MR) is 90.1 cm³/mol. The molecule has 0 unspecified atom stereocenters. The molecule has 10 saturated heterocycles. The van der Waals surface area contributed by atoms with Gasteiger partial charge in [0.1, 0.15) is 0 Å². The van der Waals surface area contributed by atoms with Gasteiger partial charge in [-0.15, -0.1) is 0 Å². The van der Waals surface area contributed by atoms with Crippen LogP contribution in [0.5, 0.6) is 0 Å². The van der Waals surface area contributed by atoms with Crippen molar-refractivity contribution >= 4 is 40.9 Å². The molecule has 12 rings (SSSR count). The number of rotatable bonds is 0. The summed E-state index contributed by atoms with van der Waals surface area (Å²) in [5.41, 5.74) is 5.62. The number of hydrogen-bond donors (Lipinski definition) is 1. The van der Waals surface area contributed by atoms with Crippen LogP contribution in [0.2, 0.25) is 42.2 Å². The van der Waals surface area contributed by atoms with E-state index in [1.54, 1.807) is 54.4 Å². The van der Waals surface area contributed by atoms with Crippen molar-refractivity contribution in [2.45, 2.75) is 42.2 Å². The van der Waals surface area contributed by atoms with Crippen LogP contribution in [-0.4, -0.2) is 29.0 Å². The van der Waals surface area contributed by atoms with Crippen LogP contribution < -0.4 is 15.3 Å². The average Bonchev–Trinajstić information content (AvgIpc) is 3.53. The fourth-order valence-electron chi connectivity index (χ4n) is 24.3. The van der Waals surface area contributed by atoms with Crippen molar-refractivity contribution in [1.82, 2.24) is 5.10 Å². The van der Waals surface area contributed by atoms with Crippen molar-refractivity contribution < 1.29 is 18.5 Å². The molecule has 1 aromatic heterocycles. The monoisotopic (exact) mass is 478 g/mol. The molecule has 2 N–H and O–H groups in total. The molecule has 126 valence electrons. The van der Waals surface area contributed by atoms with Crippen LogP contribution in [0.1, 0.15) is 0 Å². The zero-order valence-electron chi connectivity index (χ0n) is 13.5. The molecule has 10 fully saturated rings. The molecular weight excluding hydrogens is 459 g/mol. The summed E-state index contributed by atoms with van der Waals surface area (Å²) in [6, 6.07) is 6.31. The number of anilines is 1. The Morgan fingerprint density at radius 3 is 1.56 bits per heavy atom. The second-order valence-corrected chi connectivity index (χ2v) is 49.1. The first-order chi connectivity index (χ1) is 11.4. The molecule has 0 aliphatic carbocycles. The van der Waals surface area contributed by atoms with E-state index in [-0.39, 0.29) is 40.9 Å². The van der Waals surface area contributed by atoms with E-state index in [9.17, 15) is 10.4 Å². The first-order valence-electron chi connectivity index (χ1n) is 9.80. The fourth-order valence-corrected chi connectivity index (χ4v) is 144. The van der Waals surface area contributed by atoms with E-state index in [1.807, 2.05) is 0 Å². The van der Waals surface area contributed by atoms with Crippen LogP contribution in [0.15, 0.2) is 24.3 Å². The Morgan fingerprint density at radius 2 is 1.20 bits per heavy atom. The summed E-state index contributed by atoms with van der Waals surface area (Å²) in [6.45, 7) is 0. The van der Waals surface area contributed by atoms with Crippen LogP contribution in [0.25, 0.3) is 11.0 Å². The number of para-hydroxylation sites is 2. The van der Waals surface area contributed by atoms with Crippen molar-refractivity contribution in [3.8, 4) is 0 Å². The molecule has 0 saturated carbocycles. The number of fused-ring (bicyclic) bond motifs is 11. The van der Waals surface area contributed by atoms with Crippen molar-refractivity contribution in [1.29, 1.82) is 0 Å². The van der Waals surface area contributed by atoms with Crippen LogP contribution in [-0.2, 0) is 8.89 Å². The number of nitrogen functional groups attached to an aromatic ring is 1. The molecule has 25 heavy (non-hydrogen) atoms. The third-order valence-electron chi connectivity index (χ3n) is 21.8. The third kappa shape index (κ3) is 0.209. The molecule has 0 bridgehead atoms. The van der Waals surface area contributed by atoms with Gasteiger partial charge in [-0.25, -0.2) is 4.73 Å². The average molecular weight is 477 g/mol. The van der Waals surface area contributed by atoms with Crippen LogP contribution >= 0.6 is 0 Å². The third-order valence-corrected chi connectivity index (χ3v) is 81.1. The van der Waals surface area contributed by atoms with E-state index in [2.05, 4.69) is 5.10 Å². The first-order valence-corrected chi connectivity index (χ1v) is 18.8. The van der Waals surface area contributed by atoms with Gasteiger partial charge in [0.25, 0.3) is 5.52 Å². The number of nitrogens with two attached hydrogens (primary N) is 1. The van der Waals surface area contributed by atoms with Gasteiger partial charge in [-0.05, 0) is 6.07 Å². The molecule has 8 heteroatoms. The first kappa shape index (κ1) is 12.0. The fraction of sp³-hybridized carbons (Fsp3) is 0.588. The number of nitrogens with zero attached hydrogens (tertiary/aromatic N) is 3. The van der Waals surface area contributed by atoms with E-state index in [1.165, 1.54) is 12.1 Å². The molecule has 2 aromatic rings. The maximum atomic E-state index is 11.3. The Bertz CT molecular complexity index is 1280. The molecule has 11 heterocycles. The van der Waals surface area contributed by atoms with Gasteiger partial charge in [0.05, 0.1) is 0 Å². The van der Waals surface area contributed by atoms with Gasteiger partial charge < -0.3 is 10.4 Å². The summed E-state index contributed by atoms with van der Waals surface area (Å²) in [5.74, 6) is -0.353. The topological polar surface area (TPSA) is 92.8 Å². The normalized spacial score (nSPS) is 80.6. The molecular formula is C17H18N4O2SnTi. The molecule has 6 nitrogen and oxygen atoms in total. The molecule has 10 aliphatic rings. The maximum absolute atomic E-state index is 11.3. The summed E-state index contributed by atoms with van der Waals surface area (Å²) in [5, 5.41) is 25.7. The Morgan fingerprint density at radius 1 is 0.800 bits per heavy atom. The van der Waals surface area contributed by atoms with E-state index in [4.69, 9.17) is 5.73 Å². The van der Waals surface area contributed by atoms with Gasteiger partial charge >= 0.3 is 81.0 Å². The van der Waals surface area contributed by atoms with Crippen molar-refractivity contribution in [3.05, 3.63) is 34.7 Å². The van der Waals surface area contributed by atoms with Gasteiger partial charge in [0, 0.05) is 10.9 Å². The standard InChI is InChI=1S/C7H6N4O2.2C5H5.Sn.Ti.2H/c8-7-9-11(13)6-4-2-1-3-5(6)10(7)12;2*1-2-4-5-3-1;;;;/h1-4H,(H2,8,9);2*1-5H;;;;. The summed E-state index contributed by atoms with van der Waals surface area (Å²) in [4.78, 5) is 0.332. The van der Waals surface area contributed by atoms with Crippen molar-refractivity contribution in [3.63, 3.8) is 0 Å². The quantitative estimate of drug-likeness (QED) is 0.354. The van der Waals surface area contributed by atoms with E-state index < -0.39 is 8.89 Å². The minimum absolute atomic E-state index is 0. The summed E-state index contributed by atoms with van der Waals surface area (Å²) >= 11 is 0. The molecule has 1 aromatic carbocycles. The van der Waals surface area contributed by atoms with E-state index in [0.717, 1.165) is 0 Å². The van der Waals surface area contributed by atoms with Crippen LogP contribution in [0.3, 0.4) is 0 Å². The Kier molecular flexibility index (Phi) is 0.632. The SMILES string of the molecule is Nc1n[n+]([O-])c2ccccc2[n+]1[O-].[CH]12[CH]3[CH]4[CH]5[CH]1[Ti]23451678[CH]2[CH]1[CH]6[CH]7[CH]28.[SnH2]. The minimum atomic E-state index is -2.63. The zero-order chi connectivity index (χ0) is 15.5. The van der Waals surface area contributed by atoms with Gasteiger partial charge in [-0.1, -0.05) is 12.1 Å². The van der Waals surface area contributed by atoms with E-state index in [0.29, 0.717) is 9.58 Å². The van der Waals surface area contributed by atoms with Gasteiger partial charge in [0.2, 0.25) is 5.10 Å². The second-order valence-electron chi connectivity index (χ2n) is 15.3. The van der Waals surface area contributed by atoms with Crippen molar-refractivity contribution in [2.24, 2.45) is 0 Å². The van der Waals surface area contributed by atoms with Gasteiger partial charge in [-0.3, -0.25) is 5.73 Å². The molecule has 0 amide bonds. The molecule has 10 aliphatic heterocycles. The van der Waals surface area contributed by atoms with Gasteiger partial charge in [0.15, 0.2) is 5.52 Å². The van der Waals surface area contributed by atoms with Crippen molar-refractivity contribution in [2.75, 3.05) is 5.73 Å². The number of aromatic nitrogens is 3.